The molecular weight excluding hydrogens is 434 g/mol. The first-order valence-electron chi connectivity index (χ1n) is 11.5. The van der Waals surface area contributed by atoms with Gasteiger partial charge in [-0.25, -0.2) is 0 Å². The summed E-state index contributed by atoms with van der Waals surface area (Å²) in [7, 11) is -3.43. The minimum atomic E-state index is -1.71. The molecule has 0 N–H and O–H groups in total. The highest BCUT2D eigenvalue weighted by molar-refractivity contribution is 7.93. The highest BCUT2D eigenvalue weighted by atomic mass is 31.2. The lowest BCUT2D eigenvalue weighted by molar-refractivity contribution is 1.10. The zero-order chi connectivity index (χ0) is 23.0. The molecule has 0 spiro atoms. The van der Waals surface area contributed by atoms with Gasteiger partial charge in [-0.05, 0) is 48.5 Å². The monoisotopic (exact) mass is 466 g/mol. The van der Waals surface area contributed by atoms with Crippen LogP contribution in [0.15, 0.2) is 146 Å². The van der Waals surface area contributed by atoms with Gasteiger partial charge < -0.3 is 0 Å². The summed E-state index contributed by atoms with van der Waals surface area (Å²) in [6.07, 6.45) is 3.34. The van der Waals surface area contributed by atoms with E-state index in [4.69, 9.17) is 0 Å². The number of rotatable bonds is 10. The summed E-state index contributed by atoms with van der Waals surface area (Å²) in [4.78, 5) is 0. The molecule has 0 heterocycles. The van der Waals surface area contributed by atoms with Crippen molar-refractivity contribution in [1.82, 2.24) is 0 Å². The van der Waals surface area contributed by atoms with Crippen molar-refractivity contribution < 1.29 is 0 Å². The molecule has 4 aromatic rings. The molecule has 2 heteroatoms. The lowest BCUT2D eigenvalue weighted by Gasteiger charge is -2.27. The Morgan fingerprint density at radius 2 is 0.667 bits per heavy atom. The molecule has 0 bridgehead atoms. The maximum Gasteiger partial charge on any atom is 0.104 e. The molecule has 0 nitrogen and oxygen atoms in total. The second-order valence-corrected chi connectivity index (χ2v) is 15.4. The van der Waals surface area contributed by atoms with Crippen LogP contribution in [0.1, 0.15) is 6.42 Å². The van der Waals surface area contributed by atoms with E-state index in [0.29, 0.717) is 0 Å². The molecule has 0 saturated carbocycles. The summed E-state index contributed by atoms with van der Waals surface area (Å²) in [5.41, 5.74) is 0. The van der Waals surface area contributed by atoms with Crippen molar-refractivity contribution in [2.45, 2.75) is 6.42 Å². The lowest BCUT2D eigenvalue weighted by atomic mass is 10.4. The second kappa shape index (κ2) is 10.9. The van der Waals surface area contributed by atoms with E-state index in [1.54, 1.807) is 0 Å². The average molecular weight is 467 g/mol. The van der Waals surface area contributed by atoms with Crippen LogP contribution in [-0.4, -0.2) is 12.3 Å². The lowest BCUT2D eigenvalue weighted by Crippen LogP contribution is -2.26. The maximum absolute atomic E-state index is 4.38. The van der Waals surface area contributed by atoms with Crippen LogP contribution in [0.3, 0.4) is 0 Å². The molecule has 4 rings (SSSR count). The Bertz CT molecular complexity index is 979. The molecule has 0 atom stereocenters. The topological polar surface area (TPSA) is 0 Å². The summed E-state index contributed by atoms with van der Waals surface area (Å²) in [5, 5.41) is 5.64. The molecule has 4 aromatic carbocycles. The van der Waals surface area contributed by atoms with Crippen molar-refractivity contribution in [1.29, 1.82) is 0 Å². The Hall–Kier alpha value is -2.78. The van der Waals surface area contributed by atoms with Crippen LogP contribution >= 0.6 is 14.5 Å². The Labute approximate surface area is 200 Å². The van der Waals surface area contributed by atoms with E-state index in [9.17, 15) is 0 Å². The third kappa shape index (κ3) is 4.79. The molecule has 33 heavy (non-hydrogen) atoms. The fourth-order valence-electron chi connectivity index (χ4n) is 4.76. The number of hydrogen-bond acceptors (Lipinski definition) is 0. The van der Waals surface area contributed by atoms with Gasteiger partial charge in [-0.2, -0.15) is 0 Å². The van der Waals surface area contributed by atoms with Crippen LogP contribution < -0.4 is 21.2 Å². The van der Waals surface area contributed by atoms with Gasteiger partial charge in [0.1, 0.15) is 35.7 Å². The van der Waals surface area contributed by atoms with Crippen LogP contribution in [0.25, 0.3) is 0 Å². The third-order valence-corrected chi connectivity index (χ3v) is 14.7. The van der Waals surface area contributed by atoms with Gasteiger partial charge >= 0.3 is 0 Å². The molecule has 0 aromatic heterocycles. The summed E-state index contributed by atoms with van der Waals surface area (Å²) in [5.74, 6) is 4.52. The minimum Gasteiger partial charge on any atom is -0.0631 e. The maximum atomic E-state index is 4.38. The van der Waals surface area contributed by atoms with Crippen LogP contribution in [0, 0.1) is 0 Å². The van der Waals surface area contributed by atoms with Crippen molar-refractivity contribution in [2.24, 2.45) is 0 Å². The zero-order valence-electron chi connectivity index (χ0n) is 19.1. The quantitative estimate of drug-likeness (QED) is 0.221. The summed E-state index contributed by atoms with van der Waals surface area (Å²) in [6, 6.07) is 44.0. The van der Waals surface area contributed by atoms with Gasteiger partial charge in [0, 0.05) is 6.42 Å². The molecule has 164 valence electrons. The summed E-state index contributed by atoms with van der Waals surface area (Å²) < 4.78 is 0. The van der Waals surface area contributed by atoms with E-state index >= 15 is 0 Å². The Morgan fingerprint density at radius 3 is 0.879 bits per heavy atom. The normalized spacial score (nSPS) is 11.6. The first kappa shape index (κ1) is 23.4. The molecular formula is C31H32P2+2. The molecule has 0 unspecified atom stereocenters. The van der Waals surface area contributed by atoms with Gasteiger partial charge in [0.05, 0.1) is 24.0 Å². The Balaban J connectivity index is 1.72. The van der Waals surface area contributed by atoms with Crippen LogP contribution in [-0.2, 0) is 0 Å². The standard InChI is InChI=1S/C31H32P2/c1-3-32(28-18-9-5-10-19-28,29-20-11-6-12-21-29)26-17-27-33(4-2,30-22-13-7-14-23-30)31-24-15-8-16-25-31/h3-16,18-25H,1-2,17,26-27H2/q+2. The van der Waals surface area contributed by atoms with Crippen molar-refractivity contribution in [3.8, 4) is 0 Å². The molecule has 0 aliphatic rings. The first-order chi connectivity index (χ1) is 16.2. The summed E-state index contributed by atoms with van der Waals surface area (Å²) >= 11 is 0. The molecule has 0 fully saturated rings. The Morgan fingerprint density at radius 1 is 0.424 bits per heavy atom. The van der Waals surface area contributed by atoms with Crippen LogP contribution in [0.4, 0.5) is 0 Å². The largest absolute Gasteiger partial charge is 0.104 e. The fourth-order valence-corrected chi connectivity index (χ4v) is 12.0. The smallest absolute Gasteiger partial charge is 0.0631 e. The predicted molar refractivity (Wildman–Crippen MR) is 153 cm³/mol. The van der Waals surface area contributed by atoms with Gasteiger partial charge in [-0.1, -0.05) is 86.0 Å². The zero-order valence-corrected chi connectivity index (χ0v) is 20.9. The SMILES string of the molecule is C=C[P+](CCC[P+](C=C)(c1ccccc1)c1ccccc1)(c1ccccc1)c1ccccc1. The van der Waals surface area contributed by atoms with E-state index < -0.39 is 14.5 Å². The van der Waals surface area contributed by atoms with E-state index in [2.05, 4.69) is 146 Å². The van der Waals surface area contributed by atoms with Crippen molar-refractivity contribution >= 4 is 35.7 Å². The average Bonchev–Trinajstić information content (AvgIpc) is 2.91. The molecule has 0 aliphatic carbocycles. The Kier molecular flexibility index (Phi) is 7.72. The summed E-state index contributed by atoms with van der Waals surface area (Å²) in [6.45, 7) is 8.75. The fraction of sp³-hybridized carbons (Fsp3) is 0.0968. The molecule has 0 aliphatic heterocycles. The van der Waals surface area contributed by atoms with Gasteiger partial charge in [0.25, 0.3) is 0 Å². The van der Waals surface area contributed by atoms with Crippen molar-refractivity contribution in [3.05, 3.63) is 146 Å². The van der Waals surface area contributed by atoms with Crippen molar-refractivity contribution in [2.75, 3.05) is 12.3 Å². The van der Waals surface area contributed by atoms with Crippen LogP contribution in [0.5, 0.6) is 0 Å². The van der Waals surface area contributed by atoms with Crippen molar-refractivity contribution in [3.63, 3.8) is 0 Å². The van der Waals surface area contributed by atoms with E-state index in [1.807, 2.05) is 0 Å². The third-order valence-electron chi connectivity index (χ3n) is 6.51. The van der Waals surface area contributed by atoms with Gasteiger partial charge in [-0.3, -0.25) is 0 Å². The van der Waals surface area contributed by atoms with E-state index in [0.717, 1.165) is 18.7 Å². The molecule has 0 radical (unpaired) electrons. The molecule has 0 amide bonds. The number of hydrogen-bond donors (Lipinski definition) is 0. The molecule has 0 saturated heterocycles. The van der Waals surface area contributed by atoms with E-state index in [1.165, 1.54) is 21.2 Å². The predicted octanol–water partition coefficient (Wildman–Crippen LogP) is 7.00. The highest BCUT2D eigenvalue weighted by Crippen LogP contribution is 2.62. The van der Waals surface area contributed by atoms with E-state index in [-0.39, 0.29) is 0 Å². The van der Waals surface area contributed by atoms with Crippen LogP contribution in [0.2, 0.25) is 0 Å². The van der Waals surface area contributed by atoms with Gasteiger partial charge in [0.2, 0.25) is 0 Å². The minimum absolute atomic E-state index is 1.11. The van der Waals surface area contributed by atoms with Gasteiger partial charge in [0.15, 0.2) is 0 Å². The first-order valence-corrected chi connectivity index (χ1v) is 15.6. The van der Waals surface area contributed by atoms with Gasteiger partial charge in [-0.15, -0.1) is 0 Å². The second-order valence-electron chi connectivity index (χ2n) is 8.25. The number of benzene rings is 4. The highest BCUT2D eigenvalue weighted by Gasteiger charge is 2.44.